The van der Waals surface area contributed by atoms with Gasteiger partial charge in [-0.25, -0.2) is 0 Å². The number of hydrogen-bond donors (Lipinski definition) is 1. The molecule has 1 saturated carbocycles. The number of aliphatic hydroxyl groups excluding tert-OH is 1. The van der Waals surface area contributed by atoms with E-state index in [4.69, 9.17) is 4.74 Å². The van der Waals surface area contributed by atoms with Crippen LogP contribution in [0.2, 0.25) is 0 Å². The Labute approximate surface area is 199 Å². The fraction of sp³-hybridized carbons (Fsp3) is 0.720. The van der Waals surface area contributed by atoms with Gasteiger partial charge < -0.3 is 19.6 Å². The molecule has 4 heterocycles. The number of carbonyl (C=O) groups is 3. The lowest BCUT2D eigenvalue weighted by molar-refractivity contribution is -0.154. The SMILES string of the molecule is C[C@@]12C=CCCOC(=O)[C@@H]1[C@H]1C(=O)N(CCCO)C3C(=O)N(C4CCCCC4)CC=C[C@@]31S2. The second kappa shape index (κ2) is 8.77. The number of ether oxygens (including phenoxy) is 1. The van der Waals surface area contributed by atoms with Crippen LogP contribution in [0.5, 0.6) is 0 Å². The van der Waals surface area contributed by atoms with Crippen molar-refractivity contribution >= 4 is 29.5 Å². The van der Waals surface area contributed by atoms with E-state index in [1.54, 1.807) is 16.7 Å². The van der Waals surface area contributed by atoms with Crippen LogP contribution in [-0.4, -0.2) is 80.6 Å². The van der Waals surface area contributed by atoms with Gasteiger partial charge in [-0.2, -0.15) is 0 Å². The van der Waals surface area contributed by atoms with Crippen LogP contribution in [0.3, 0.4) is 0 Å². The van der Waals surface area contributed by atoms with Crippen molar-refractivity contribution in [1.82, 2.24) is 9.80 Å². The molecule has 1 unspecified atom stereocenters. The monoisotopic (exact) mass is 474 g/mol. The number of cyclic esters (lactones) is 1. The molecule has 180 valence electrons. The van der Waals surface area contributed by atoms with Crippen LogP contribution < -0.4 is 0 Å². The smallest absolute Gasteiger partial charge is 0.311 e. The average molecular weight is 475 g/mol. The summed E-state index contributed by atoms with van der Waals surface area (Å²) in [5.74, 6) is -1.82. The number of thioether (sulfide) groups is 1. The van der Waals surface area contributed by atoms with Crippen molar-refractivity contribution in [3.63, 3.8) is 0 Å². The highest BCUT2D eigenvalue weighted by Gasteiger charge is 2.73. The molecule has 7 nitrogen and oxygen atoms in total. The van der Waals surface area contributed by atoms with Crippen LogP contribution in [0.25, 0.3) is 0 Å². The van der Waals surface area contributed by atoms with Gasteiger partial charge >= 0.3 is 5.97 Å². The molecule has 2 amide bonds. The van der Waals surface area contributed by atoms with E-state index in [0.717, 1.165) is 25.7 Å². The summed E-state index contributed by atoms with van der Waals surface area (Å²) >= 11 is 1.59. The number of aliphatic hydroxyl groups is 1. The molecule has 5 rings (SSSR count). The summed E-state index contributed by atoms with van der Waals surface area (Å²) in [5.41, 5.74) is 0. The number of likely N-dealkylation sites (tertiary alicyclic amines) is 1. The molecule has 1 aliphatic carbocycles. The quantitative estimate of drug-likeness (QED) is 0.497. The third kappa shape index (κ3) is 3.55. The van der Waals surface area contributed by atoms with Gasteiger partial charge in [-0.15, -0.1) is 11.8 Å². The molecule has 2 saturated heterocycles. The topological polar surface area (TPSA) is 87.1 Å². The van der Waals surface area contributed by atoms with Gasteiger partial charge in [-0.05, 0) is 32.6 Å². The molecule has 8 heteroatoms. The molecule has 0 aromatic heterocycles. The van der Waals surface area contributed by atoms with Crippen LogP contribution in [0.4, 0.5) is 0 Å². The highest BCUT2D eigenvalue weighted by atomic mass is 32.2. The average Bonchev–Trinajstić information content (AvgIpc) is 3.11. The van der Waals surface area contributed by atoms with Crippen molar-refractivity contribution in [2.24, 2.45) is 11.8 Å². The first kappa shape index (κ1) is 23.0. The van der Waals surface area contributed by atoms with Crippen LogP contribution in [-0.2, 0) is 19.1 Å². The van der Waals surface area contributed by atoms with Crippen molar-refractivity contribution < 1.29 is 24.2 Å². The molecule has 1 spiro atoms. The van der Waals surface area contributed by atoms with Crippen LogP contribution in [0.1, 0.15) is 51.9 Å². The van der Waals surface area contributed by atoms with Gasteiger partial charge in [0.2, 0.25) is 11.8 Å². The fourth-order valence-corrected chi connectivity index (χ4v) is 8.86. The Morgan fingerprint density at radius 2 is 1.88 bits per heavy atom. The Morgan fingerprint density at radius 1 is 1.09 bits per heavy atom. The standard InChI is InChI=1S/C25H34N2O5S/c1-24-11-5-6-16-32-23(31)19(24)18-21(29)27(14-8-15-28)20-22(30)26(17-9-3-2-4-10-17)13-7-12-25(18,20)33-24/h5,7,11-12,17-20,28H,2-4,6,8-10,13-16H2,1H3/t18-,19-,20?,24+,25-/m0/s1. The first-order chi connectivity index (χ1) is 15.9. The molecule has 0 aromatic carbocycles. The number of nitrogens with zero attached hydrogens (tertiary/aromatic N) is 2. The Morgan fingerprint density at radius 3 is 2.64 bits per heavy atom. The molecular weight excluding hydrogens is 440 g/mol. The lowest BCUT2D eigenvalue weighted by Crippen LogP contribution is -2.55. The molecule has 1 N–H and O–H groups in total. The maximum Gasteiger partial charge on any atom is 0.311 e. The number of hydrogen-bond acceptors (Lipinski definition) is 6. The minimum absolute atomic E-state index is 0.0107. The minimum atomic E-state index is -0.819. The zero-order chi connectivity index (χ0) is 23.2. The van der Waals surface area contributed by atoms with Gasteiger partial charge in [0, 0.05) is 30.5 Å². The van der Waals surface area contributed by atoms with Crippen molar-refractivity contribution in [2.75, 3.05) is 26.3 Å². The van der Waals surface area contributed by atoms with Crippen molar-refractivity contribution in [2.45, 2.75) is 73.4 Å². The molecule has 0 aromatic rings. The third-order valence-corrected chi connectivity index (χ3v) is 9.92. The molecule has 5 aliphatic rings. The van der Waals surface area contributed by atoms with Crippen molar-refractivity contribution in [1.29, 1.82) is 0 Å². The molecule has 0 radical (unpaired) electrons. The summed E-state index contributed by atoms with van der Waals surface area (Å²) in [4.78, 5) is 45.0. The van der Waals surface area contributed by atoms with Gasteiger partial charge in [-0.1, -0.05) is 43.6 Å². The van der Waals surface area contributed by atoms with Crippen LogP contribution in [0.15, 0.2) is 24.3 Å². The van der Waals surface area contributed by atoms with E-state index >= 15 is 0 Å². The largest absolute Gasteiger partial charge is 0.465 e. The Balaban J connectivity index is 1.60. The lowest BCUT2D eigenvalue weighted by Gasteiger charge is -2.40. The lowest BCUT2D eigenvalue weighted by atomic mass is 9.74. The van der Waals surface area contributed by atoms with Gasteiger partial charge in [0.1, 0.15) is 6.04 Å². The number of rotatable bonds is 4. The maximum absolute atomic E-state index is 14.2. The predicted molar refractivity (Wildman–Crippen MR) is 125 cm³/mol. The minimum Gasteiger partial charge on any atom is -0.465 e. The van der Waals surface area contributed by atoms with Crippen molar-refractivity contribution in [3.05, 3.63) is 24.3 Å². The van der Waals surface area contributed by atoms with E-state index < -0.39 is 27.4 Å². The van der Waals surface area contributed by atoms with Gasteiger partial charge in [0.25, 0.3) is 0 Å². The van der Waals surface area contributed by atoms with E-state index in [1.807, 2.05) is 24.0 Å². The summed E-state index contributed by atoms with van der Waals surface area (Å²) in [6, 6.07) is -0.473. The van der Waals surface area contributed by atoms with E-state index in [9.17, 15) is 19.5 Å². The van der Waals surface area contributed by atoms with E-state index in [1.165, 1.54) is 6.42 Å². The number of fused-ring (bicyclic) bond motifs is 2. The van der Waals surface area contributed by atoms with E-state index in [2.05, 4.69) is 12.2 Å². The van der Waals surface area contributed by atoms with Crippen LogP contribution in [0, 0.1) is 11.8 Å². The van der Waals surface area contributed by atoms with Crippen LogP contribution >= 0.6 is 11.8 Å². The number of esters is 1. The molecule has 4 aliphatic heterocycles. The normalized spacial score (nSPS) is 39.0. The molecule has 0 bridgehead atoms. The van der Waals surface area contributed by atoms with Gasteiger partial charge in [0.05, 0.1) is 23.2 Å². The zero-order valence-corrected chi connectivity index (χ0v) is 20.1. The maximum atomic E-state index is 14.2. The fourth-order valence-electron chi connectivity index (χ4n) is 6.71. The predicted octanol–water partition coefficient (Wildman–Crippen LogP) is 2.29. The Bertz CT molecular complexity index is 884. The second-order valence-electron chi connectivity index (χ2n) is 10.1. The zero-order valence-electron chi connectivity index (χ0n) is 19.3. The summed E-state index contributed by atoms with van der Waals surface area (Å²) in [7, 11) is 0. The van der Waals surface area contributed by atoms with Crippen molar-refractivity contribution in [3.8, 4) is 0 Å². The van der Waals surface area contributed by atoms with E-state index in [-0.39, 0.29) is 30.4 Å². The first-order valence-electron chi connectivity index (χ1n) is 12.4. The highest BCUT2D eigenvalue weighted by Crippen LogP contribution is 2.65. The molecule has 5 atom stereocenters. The summed E-state index contributed by atoms with van der Waals surface area (Å²) < 4.78 is 4.11. The van der Waals surface area contributed by atoms with E-state index in [0.29, 0.717) is 32.5 Å². The Hall–Kier alpha value is -1.80. The first-order valence-corrected chi connectivity index (χ1v) is 13.2. The van der Waals surface area contributed by atoms with Gasteiger partial charge in [-0.3, -0.25) is 14.4 Å². The molecule has 3 fully saturated rings. The summed E-state index contributed by atoms with van der Waals surface area (Å²) in [6.07, 6.45) is 14.7. The summed E-state index contributed by atoms with van der Waals surface area (Å²) in [6.45, 7) is 3.11. The van der Waals surface area contributed by atoms with Gasteiger partial charge in [0.15, 0.2) is 0 Å². The highest BCUT2D eigenvalue weighted by molar-refractivity contribution is 8.02. The Kier molecular flexibility index (Phi) is 6.10. The number of carbonyl (C=O) groups excluding carboxylic acids is 3. The second-order valence-corrected chi connectivity index (χ2v) is 11.9. The summed E-state index contributed by atoms with van der Waals surface area (Å²) in [5, 5.41) is 9.49. The molecule has 33 heavy (non-hydrogen) atoms. The third-order valence-electron chi connectivity index (χ3n) is 8.12. The number of amides is 2. The molecular formula is C25H34N2O5S.